The van der Waals surface area contributed by atoms with Crippen LogP contribution in [0.1, 0.15) is 32.3 Å². The normalized spacial score (nSPS) is 27.7. The Bertz CT molecular complexity index is 805. The van der Waals surface area contributed by atoms with Gasteiger partial charge in [-0.3, -0.25) is 0 Å². The number of hydrogen-bond acceptors (Lipinski definition) is 5. The van der Waals surface area contributed by atoms with Crippen LogP contribution in [-0.4, -0.2) is 48.4 Å². The maximum absolute atomic E-state index is 12.9. The van der Waals surface area contributed by atoms with Gasteiger partial charge in [0.05, 0.1) is 11.9 Å². The molecule has 0 saturated carbocycles. The number of fused-ring (bicyclic) bond motifs is 1. The number of nitrogens with one attached hydrogen (secondary N) is 1. The highest BCUT2D eigenvalue weighted by Gasteiger charge is 2.49. The summed E-state index contributed by atoms with van der Waals surface area (Å²) in [5.74, 6) is -0.950. The van der Waals surface area contributed by atoms with Gasteiger partial charge in [-0.15, -0.1) is 0 Å². The van der Waals surface area contributed by atoms with Crippen molar-refractivity contribution in [2.75, 3.05) is 19.6 Å². The van der Waals surface area contributed by atoms with Gasteiger partial charge in [0.2, 0.25) is 15.8 Å². The van der Waals surface area contributed by atoms with Crippen LogP contribution in [0.2, 0.25) is 0 Å². The van der Waals surface area contributed by atoms with E-state index in [4.69, 9.17) is 0 Å². The predicted molar refractivity (Wildman–Crippen MR) is 88.8 cm³/mol. The van der Waals surface area contributed by atoms with E-state index in [-0.39, 0.29) is 33.9 Å². The lowest BCUT2D eigenvalue weighted by Crippen LogP contribution is -2.42. The average molecular weight is 392 g/mol. The molecule has 0 aliphatic carbocycles. The zero-order valence-corrected chi connectivity index (χ0v) is 15.9. The van der Waals surface area contributed by atoms with E-state index in [2.05, 4.69) is 36.1 Å². The summed E-state index contributed by atoms with van der Waals surface area (Å²) < 4.78 is 65.4. The first kappa shape index (κ1) is 19.5. The van der Waals surface area contributed by atoms with E-state index in [1.807, 2.05) is 0 Å². The summed E-state index contributed by atoms with van der Waals surface area (Å²) in [5.41, 5.74) is -0.193. The Morgan fingerprint density at radius 3 is 2.42 bits per heavy atom. The van der Waals surface area contributed by atoms with Gasteiger partial charge in [-0.05, 0) is 30.7 Å². The minimum absolute atomic E-state index is 0.00737. The Morgan fingerprint density at radius 1 is 1.23 bits per heavy atom. The summed E-state index contributed by atoms with van der Waals surface area (Å²) in [4.78, 5) is 6.32. The molecule has 0 amide bonds. The SMILES string of the molecule is Cc1nc(C(F)(F)F)ncc1S(=O)(=O)N1C[C@H]2CN[C@@H](C(C)(C)C)[C@H]2C1. The molecule has 6 nitrogen and oxygen atoms in total. The van der Waals surface area contributed by atoms with E-state index in [0.29, 0.717) is 13.1 Å². The Morgan fingerprint density at radius 2 is 1.88 bits per heavy atom. The van der Waals surface area contributed by atoms with Crippen molar-refractivity contribution in [1.29, 1.82) is 0 Å². The smallest absolute Gasteiger partial charge is 0.313 e. The number of sulfonamides is 1. The molecule has 146 valence electrons. The second kappa shape index (κ2) is 6.13. The standard InChI is InChI=1S/C16H23F3N4O2S/c1-9-12(6-21-14(22-9)16(17,18)19)26(24,25)23-7-10-5-20-13(11(10)8-23)15(2,3)4/h6,10-11,13,20H,5,7-8H2,1-4H3/t10-,11+,13-/m1/s1. The Kier molecular flexibility index (Phi) is 4.60. The van der Waals surface area contributed by atoms with Crippen LogP contribution in [0.15, 0.2) is 11.1 Å². The molecule has 10 heteroatoms. The van der Waals surface area contributed by atoms with Gasteiger partial charge in [-0.2, -0.15) is 17.5 Å². The van der Waals surface area contributed by atoms with E-state index >= 15 is 0 Å². The van der Waals surface area contributed by atoms with Gasteiger partial charge < -0.3 is 5.32 Å². The largest absolute Gasteiger partial charge is 0.451 e. The fraction of sp³-hybridized carbons (Fsp3) is 0.750. The second-order valence-electron chi connectivity index (χ2n) is 8.14. The van der Waals surface area contributed by atoms with Gasteiger partial charge in [-0.1, -0.05) is 20.8 Å². The van der Waals surface area contributed by atoms with Crippen LogP contribution < -0.4 is 5.32 Å². The Balaban J connectivity index is 1.87. The molecular weight excluding hydrogens is 369 g/mol. The van der Waals surface area contributed by atoms with Gasteiger partial charge in [0, 0.05) is 19.1 Å². The van der Waals surface area contributed by atoms with E-state index in [1.54, 1.807) is 0 Å². The molecule has 0 bridgehead atoms. The highest BCUT2D eigenvalue weighted by Crippen LogP contribution is 2.40. The molecule has 3 atom stereocenters. The summed E-state index contributed by atoms with van der Waals surface area (Å²) in [6.07, 6.45) is -3.93. The monoisotopic (exact) mass is 392 g/mol. The molecule has 2 aliphatic rings. The summed E-state index contributed by atoms with van der Waals surface area (Å²) in [6.45, 7) is 9.03. The van der Waals surface area contributed by atoms with Crippen LogP contribution in [0.25, 0.3) is 0 Å². The molecule has 0 spiro atoms. The third-order valence-corrected chi connectivity index (χ3v) is 7.16. The minimum Gasteiger partial charge on any atom is -0.313 e. The molecule has 0 unspecified atom stereocenters. The van der Waals surface area contributed by atoms with Gasteiger partial charge >= 0.3 is 6.18 Å². The molecule has 2 aliphatic heterocycles. The number of halogens is 3. The fourth-order valence-electron chi connectivity index (χ4n) is 4.01. The van der Waals surface area contributed by atoms with Gasteiger partial charge in [0.1, 0.15) is 4.90 Å². The van der Waals surface area contributed by atoms with Crippen molar-refractivity contribution in [2.45, 2.75) is 44.8 Å². The molecule has 3 rings (SSSR count). The maximum Gasteiger partial charge on any atom is 0.451 e. The topological polar surface area (TPSA) is 75.2 Å². The first-order valence-electron chi connectivity index (χ1n) is 8.46. The van der Waals surface area contributed by atoms with Crippen molar-refractivity contribution in [3.8, 4) is 0 Å². The molecule has 0 aromatic carbocycles. The van der Waals surface area contributed by atoms with Crippen LogP contribution in [-0.2, 0) is 16.2 Å². The molecule has 1 aromatic heterocycles. The molecule has 3 heterocycles. The third kappa shape index (κ3) is 3.34. The van der Waals surface area contributed by atoms with Crippen LogP contribution in [0.3, 0.4) is 0 Å². The van der Waals surface area contributed by atoms with Crippen molar-refractivity contribution >= 4 is 10.0 Å². The zero-order chi connectivity index (χ0) is 19.5. The lowest BCUT2D eigenvalue weighted by atomic mass is 9.78. The molecule has 2 saturated heterocycles. The number of nitrogens with zero attached hydrogens (tertiary/aromatic N) is 3. The maximum atomic E-state index is 12.9. The molecular formula is C16H23F3N4O2S. The van der Waals surface area contributed by atoms with E-state index in [9.17, 15) is 21.6 Å². The quantitative estimate of drug-likeness (QED) is 0.834. The zero-order valence-electron chi connectivity index (χ0n) is 15.1. The number of alkyl halides is 3. The minimum atomic E-state index is -4.71. The summed E-state index contributed by atoms with van der Waals surface area (Å²) in [5, 5.41) is 3.47. The highest BCUT2D eigenvalue weighted by atomic mass is 32.2. The van der Waals surface area contributed by atoms with E-state index in [0.717, 1.165) is 12.7 Å². The summed E-state index contributed by atoms with van der Waals surface area (Å²) >= 11 is 0. The Hall–Kier alpha value is -1.26. The van der Waals surface area contributed by atoms with E-state index in [1.165, 1.54) is 11.2 Å². The number of rotatable bonds is 2. The van der Waals surface area contributed by atoms with Crippen molar-refractivity contribution in [3.63, 3.8) is 0 Å². The van der Waals surface area contributed by atoms with Crippen LogP contribution in [0.4, 0.5) is 13.2 Å². The predicted octanol–water partition coefficient (Wildman–Crippen LogP) is 2.06. The van der Waals surface area contributed by atoms with Crippen molar-refractivity contribution in [1.82, 2.24) is 19.6 Å². The van der Waals surface area contributed by atoms with Crippen molar-refractivity contribution in [2.24, 2.45) is 17.3 Å². The van der Waals surface area contributed by atoms with Crippen LogP contribution in [0.5, 0.6) is 0 Å². The van der Waals surface area contributed by atoms with Crippen LogP contribution in [0, 0.1) is 24.2 Å². The first-order valence-corrected chi connectivity index (χ1v) is 9.90. The first-order chi connectivity index (χ1) is 11.8. The number of hydrogen-bond donors (Lipinski definition) is 1. The third-order valence-electron chi connectivity index (χ3n) is 5.22. The Labute approximate surface area is 151 Å². The molecule has 2 fully saturated rings. The highest BCUT2D eigenvalue weighted by molar-refractivity contribution is 7.89. The van der Waals surface area contributed by atoms with Crippen molar-refractivity contribution in [3.05, 3.63) is 17.7 Å². The van der Waals surface area contributed by atoms with Gasteiger partial charge in [-0.25, -0.2) is 18.4 Å². The average Bonchev–Trinajstić information content (AvgIpc) is 3.04. The molecule has 1 aromatic rings. The number of aryl methyl sites for hydroxylation is 1. The number of aromatic nitrogens is 2. The second-order valence-corrected chi connectivity index (χ2v) is 10.0. The van der Waals surface area contributed by atoms with E-state index < -0.39 is 22.0 Å². The molecule has 0 radical (unpaired) electrons. The molecule has 26 heavy (non-hydrogen) atoms. The van der Waals surface area contributed by atoms with Crippen molar-refractivity contribution < 1.29 is 21.6 Å². The van der Waals surface area contributed by atoms with Gasteiger partial charge in [0.15, 0.2) is 0 Å². The lowest BCUT2D eigenvalue weighted by Gasteiger charge is -2.32. The molecule has 1 N–H and O–H groups in total. The van der Waals surface area contributed by atoms with Gasteiger partial charge in [0.25, 0.3) is 0 Å². The summed E-state index contributed by atoms with van der Waals surface area (Å²) in [7, 11) is -3.93. The lowest BCUT2D eigenvalue weighted by molar-refractivity contribution is -0.145. The fourth-order valence-corrected chi connectivity index (χ4v) is 5.65. The van der Waals surface area contributed by atoms with Crippen LogP contribution >= 0.6 is 0 Å². The summed E-state index contributed by atoms with van der Waals surface area (Å²) in [6, 6.07) is 0.192.